The summed E-state index contributed by atoms with van der Waals surface area (Å²) >= 11 is 0. The lowest BCUT2D eigenvalue weighted by Gasteiger charge is -2.15. The summed E-state index contributed by atoms with van der Waals surface area (Å²) in [7, 11) is 4.62. The van der Waals surface area contributed by atoms with Crippen molar-refractivity contribution in [3.8, 4) is 28.5 Å². The zero-order valence-corrected chi connectivity index (χ0v) is 17.2. The zero-order chi connectivity index (χ0) is 21.1. The van der Waals surface area contributed by atoms with Crippen LogP contribution in [-0.4, -0.2) is 32.1 Å². The number of aromatic nitrogens is 1. The number of nitrogens with one attached hydrogen (secondary N) is 1. The average Bonchev–Trinajstić information content (AvgIpc) is 3.51. The monoisotopic (exact) mass is 401 g/mol. The second-order valence-corrected chi connectivity index (χ2v) is 6.88. The molecule has 0 fully saturated rings. The van der Waals surface area contributed by atoms with Crippen molar-refractivity contribution >= 4 is 11.4 Å². The van der Waals surface area contributed by atoms with Gasteiger partial charge < -0.3 is 19.2 Å². The third-order valence-corrected chi connectivity index (χ3v) is 5.18. The van der Waals surface area contributed by atoms with Crippen LogP contribution in [-0.2, 0) is 0 Å². The van der Waals surface area contributed by atoms with E-state index in [1.807, 2.05) is 36.5 Å². The van der Waals surface area contributed by atoms with E-state index in [1.165, 1.54) is 14.2 Å². The van der Waals surface area contributed by atoms with Gasteiger partial charge in [-0.3, -0.25) is 4.79 Å². The van der Waals surface area contributed by atoms with E-state index >= 15 is 0 Å². The average molecular weight is 401 g/mol. The van der Waals surface area contributed by atoms with Gasteiger partial charge in [-0.15, -0.1) is 0 Å². The molecule has 4 rings (SSSR count). The first-order valence-electron chi connectivity index (χ1n) is 9.66. The summed E-state index contributed by atoms with van der Waals surface area (Å²) < 4.78 is 16.3. The number of H-pyrrole nitrogens is 1. The molecule has 1 aromatic heterocycles. The molecule has 0 atom stereocenters. The van der Waals surface area contributed by atoms with Crippen molar-refractivity contribution in [2.75, 3.05) is 21.3 Å². The lowest BCUT2D eigenvalue weighted by molar-refractivity contribution is 0.103. The number of ketones is 1. The van der Waals surface area contributed by atoms with E-state index in [4.69, 9.17) is 14.2 Å². The number of allylic oxidation sites excluding steroid dienone is 4. The standard InChI is InChI=1S/C25H23NO4/c1-28-22-14-18(15-23(29-2)25(22)30-3)24(27)20-13-17(21-9-6-12-26-21)10-11-19(20)16-7-4-5-8-16/h4,6-15,26H,5H2,1-3H3. The minimum Gasteiger partial charge on any atom is -0.493 e. The summed E-state index contributed by atoms with van der Waals surface area (Å²) in [4.78, 5) is 16.9. The van der Waals surface area contributed by atoms with Crippen LogP contribution in [0.1, 0.15) is 27.9 Å². The van der Waals surface area contributed by atoms with E-state index < -0.39 is 0 Å². The van der Waals surface area contributed by atoms with Crippen molar-refractivity contribution in [1.82, 2.24) is 4.98 Å². The summed E-state index contributed by atoms with van der Waals surface area (Å²) in [6, 6.07) is 13.3. The van der Waals surface area contributed by atoms with Crippen molar-refractivity contribution < 1.29 is 19.0 Å². The Hall–Kier alpha value is -3.73. The molecule has 30 heavy (non-hydrogen) atoms. The number of hydrogen-bond donors (Lipinski definition) is 1. The maximum Gasteiger partial charge on any atom is 0.203 e. The quantitative estimate of drug-likeness (QED) is 0.547. The molecule has 5 heteroatoms. The van der Waals surface area contributed by atoms with Gasteiger partial charge in [0.25, 0.3) is 0 Å². The van der Waals surface area contributed by atoms with Crippen LogP contribution in [0.15, 0.2) is 66.9 Å². The van der Waals surface area contributed by atoms with Crippen molar-refractivity contribution in [3.63, 3.8) is 0 Å². The van der Waals surface area contributed by atoms with E-state index in [0.717, 1.165) is 28.8 Å². The van der Waals surface area contributed by atoms with Crippen LogP contribution in [0.25, 0.3) is 16.8 Å². The highest BCUT2D eigenvalue weighted by Crippen LogP contribution is 2.39. The largest absolute Gasteiger partial charge is 0.493 e. The molecule has 0 unspecified atom stereocenters. The molecule has 3 aromatic rings. The summed E-state index contributed by atoms with van der Waals surface area (Å²) in [5, 5.41) is 0. The molecule has 152 valence electrons. The van der Waals surface area contributed by atoms with Crippen LogP contribution in [0, 0.1) is 0 Å². The van der Waals surface area contributed by atoms with Gasteiger partial charge in [0.2, 0.25) is 5.75 Å². The Morgan fingerprint density at radius 2 is 1.73 bits per heavy atom. The van der Waals surface area contributed by atoms with Crippen molar-refractivity contribution in [1.29, 1.82) is 0 Å². The Balaban J connectivity index is 1.87. The predicted octanol–water partition coefficient (Wildman–Crippen LogP) is 5.28. The van der Waals surface area contributed by atoms with E-state index in [0.29, 0.717) is 28.4 Å². The summed E-state index contributed by atoms with van der Waals surface area (Å²) in [5.74, 6) is 1.24. The fraction of sp³-hybridized carbons (Fsp3) is 0.160. The smallest absolute Gasteiger partial charge is 0.203 e. The van der Waals surface area contributed by atoms with Gasteiger partial charge in [-0.25, -0.2) is 0 Å². The molecule has 0 bridgehead atoms. The predicted molar refractivity (Wildman–Crippen MR) is 117 cm³/mol. The molecular formula is C25H23NO4. The van der Waals surface area contributed by atoms with E-state index in [1.54, 1.807) is 19.2 Å². The van der Waals surface area contributed by atoms with E-state index in [2.05, 4.69) is 23.2 Å². The first kappa shape index (κ1) is 19.6. The van der Waals surface area contributed by atoms with Gasteiger partial charge in [-0.2, -0.15) is 0 Å². The summed E-state index contributed by atoms with van der Waals surface area (Å²) in [6.45, 7) is 0. The normalized spacial score (nSPS) is 12.6. The SMILES string of the molecule is COc1cc(C(=O)c2cc(-c3ccc[nH]3)ccc2C2=CCC=C2)cc(OC)c1OC. The number of carbonyl (C=O) groups is 1. The second kappa shape index (κ2) is 8.33. The number of ether oxygens (including phenoxy) is 3. The number of hydrogen-bond acceptors (Lipinski definition) is 4. The molecule has 1 aliphatic carbocycles. The Bertz CT molecular complexity index is 1110. The molecule has 0 aliphatic heterocycles. The highest BCUT2D eigenvalue weighted by atomic mass is 16.5. The van der Waals surface area contributed by atoms with Crippen molar-refractivity contribution in [2.45, 2.75) is 6.42 Å². The first-order valence-corrected chi connectivity index (χ1v) is 9.66. The maximum atomic E-state index is 13.7. The highest BCUT2D eigenvalue weighted by Gasteiger charge is 2.22. The molecular weight excluding hydrogens is 378 g/mol. The first-order chi connectivity index (χ1) is 14.7. The lowest BCUT2D eigenvalue weighted by Crippen LogP contribution is -2.07. The van der Waals surface area contributed by atoms with Gasteiger partial charge in [0, 0.05) is 23.0 Å². The van der Waals surface area contributed by atoms with Crippen LogP contribution in [0.4, 0.5) is 0 Å². The number of carbonyl (C=O) groups excluding carboxylic acids is 1. The fourth-order valence-electron chi connectivity index (χ4n) is 3.69. The lowest BCUT2D eigenvalue weighted by atomic mass is 9.91. The summed E-state index contributed by atoms with van der Waals surface area (Å²) in [6.07, 6.45) is 8.99. The Labute approximate surface area is 175 Å². The van der Waals surface area contributed by atoms with Gasteiger partial charge >= 0.3 is 0 Å². The number of rotatable bonds is 7. The molecule has 0 saturated carbocycles. The van der Waals surface area contributed by atoms with Crippen molar-refractivity contribution in [2.24, 2.45) is 0 Å². The molecule has 1 aliphatic rings. The Kier molecular flexibility index (Phi) is 5.44. The van der Waals surface area contributed by atoms with Crippen molar-refractivity contribution in [3.05, 3.63) is 83.6 Å². The second-order valence-electron chi connectivity index (χ2n) is 6.88. The van der Waals surface area contributed by atoms with Gasteiger partial charge in [0.1, 0.15) is 0 Å². The Morgan fingerprint density at radius 3 is 2.30 bits per heavy atom. The van der Waals surface area contributed by atoms with E-state index in [9.17, 15) is 4.79 Å². The van der Waals surface area contributed by atoms with Gasteiger partial charge in [-0.1, -0.05) is 30.4 Å². The molecule has 0 spiro atoms. The molecule has 1 heterocycles. The molecule has 0 saturated heterocycles. The number of methoxy groups -OCH3 is 3. The van der Waals surface area contributed by atoms with Crippen LogP contribution in [0.3, 0.4) is 0 Å². The fourth-order valence-corrected chi connectivity index (χ4v) is 3.69. The summed E-state index contributed by atoms with van der Waals surface area (Å²) in [5.41, 5.74) is 4.94. The molecule has 0 radical (unpaired) electrons. The van der Waals surface area contributed by atoms with Crippen LogP contribution in [0.2, 0.25) is 0 Å². The topological polar surface area (TPSA) is 60.6 Å². The van der Waals surface area contributed by atoms with Gasteiger partial charge in [0.05, 0.1) is 21.3 Å². The maximum absolute atomic E-state index is 13.7. The number of aromatic amines is 1. The van der Waals surface area contributed by atoms with Gasteiger partial charge in [0.15, 0.2) is 17.3 Å². The number of benzene rings is 2. The third kappa shape index (κ3) is 3.50. The van der Waals surface area contributed by atoms with Crippen LogP contribution < -0.4 is 14.2 Å². The van der Waals surface area contributed by atoms with Crippen LogP contribution in [0.5, 0.6) is 17.2 Å². The molecule has 0 amide bonds. The zero-order valence-electron chi connectivity index (χ0n) is 17.2. The Morgan fingerprint density at radius 1 is 0.967 bits per heavy atom. The third-order valence-electron chi connectivity index (χ3n) is 5.18. The minimum absolute atomic E-state index is 0.112. The molecule has 1 N–H and O–H groups in total. The molecule has 5 nitrogen and oxygen atoms in total. The highest BCUT2D eigenvalue weighted by molar-refractivity contribution is 6.13. The van der Waals surface area contributed by atoms with E-state index in [-0.39, 0.29) is 5.78 Å². The molecule has 2 aromatic carbocycles. The minimum atomic E-state index is -0.112. The van der Waals surface area contributed by atoms with Gasteiger partial charge in [-0.05, 0) is 53.5 Å². The van der Waals surface area contributed by atoms with Crippen LogP contribution >= 0.6 is 0 Å².